The Hall–Kier alpha value is -2.28. The van der Waals surface area contributed by atoms with Gasteiger partial charge in [-0.1, -0.05) is 54.6 Å². The van der Waals surface area contributed by atoms with E-state index < -0.39 is 0 Å². The molecule has 0 atom stereocenters. The van der Waals surface area contributed by atoms with Gasteiger partial charge in [0.2, 0.25) is 0 Å². The number of furan rings is 1. The largest absolute Gasteiger partial charge is 0.469 e. The number of hydrogen-bond donors (Lipinski definition) is 0. The van der Waals surface area contributed by atoms with Crippen molar-refractivity contribution in [3.8, 4) is 11.1 Å². The van der Waals surface area contributed by atoms with Gasteiger partial charge in [0.1, 0.15) is 5.76 Å². The predicted octanol–water partition coefficient (Wildman–Crippen LogP) is 4.54. The molecule has 0 aliphatic rings. The molecule has 2 aromatic carbocycles. The maximum absolute atomic E-state index is 5.43. The molecule has 0 unspecified atom stereocenters. The molecule has 0 fully saturated rings. The molecule has 18 heavy (non-hydrogen) atoms. The fourth-order valence-corrected chi connectivity index (χ4v) is 2.17. The summed E-state index contributed by atoms with van der Waals surface area (Å²) in [6, 6.07) is 22.9. The van der Waals surface area contributed by atoms with Crippen molar-refractivity contribution in [2.24, 2.45) is 0 Å². The van der Waals surface area contributed by atoms with Gasteiger partial charge in [-0.3, -0.25) is 0 Å². The molecule has 1 heterocycles. The van der Waals surface area contributed by atoms with Gasteiger partial charge in [0.15, 0.2) is 0 Å². The maximum atomic E-state index is 5.43. The van der Waals surface area contributed by atoms with E-state index in [1.807, 2.05) is 18.2 Å². The van der Waals surface area contributed by atoms with Gasteiger partial charge in [0.05, 0.1) is 6.26 Å². The zero-order chi connectivity index (χ0) is 12.2. The Balaban J connectivity index is 2.00. The lowest BCUT2D eigenvalue weighted by molar-refractivity contribution is 0.521. The number of rotatable bonds is 3. The zero-order valence-corrected chi connectivity index (χ0v) is 10.0. The van der Waals surface area contributed by atoms with Crippen LogP contribution >= 0.6 is 0 Å². The summed E-state index contributed by atoms with van der Waals surface area (Å²) in [7, 11) is 0. The Kier molecular flexibility index (Phi) is 2.97. The topological polar surface area (TPSA) is 13.1 Å². The molecule has 0 bridgehead atoms. The molecule has 0 amide bonds. The van der Waals surface area contributed by atoms with E-state index >= 15 is 0 Å². The number of hydrogen-bond acceptors (Lipinski definition) is 1. The van der Waals surface area contributed by atoms with Crippen LogP contribution in [0.15, 0.2) is 77.4 Å². The lowest BCUT2D eigenvalue weighted by Crippen LogP contribution is -1.90. The average Bonchev–Trinajstić information content (AvgIpc) is 2.93. The monoisotopic (exact) mass is 234 g/mol. The molecule has 3 rings (SSSR count). The molecule has 1 heteroatoms. The minimum Gasteiger partial charge on any atom is -0.469 e. The van der Waals surface area contributed by atoms with E-state index in [2.05, 4.69) is 48.5 Å². The fourth-order valence-electron chi connectivity index (χ4n) is 2.17. The Bertz CT molecular complexity index is 609. The lowest BCUT2D eigenvalue weighted by atomic mass is 9.97. The van der Waals surface area contributed by atoms with E-state index in [0.717, 1.165) is 12.2 Å². The molecule has 3 aromatic rings. The van der Waals surface area contributed by atoms with E-state index in [0.29, 0.717) is 0 Å². The molecule has 0 saturated heterocycles. The molecule has 0 N–H and O–H groups in total. The highest BCUT2D eigenvalue weighted by Crippen LogP contribution is 2.25. The average molecular weight is 234 g/mol. The van der Waals surface area contributed by atoms with Crippen molar-refractivity contribution in [1.82, 2.24) is 0 Å². The highest BCUT2D eigenvalue weighted by atomic mass is 16.3. The first-order valence-electron chi connectivity index (χ1n) is 6.09. The Labute approximate surface area is 107 Å². The highest BCUT2D eigenvalue weighted by Gasteiger charge is 2.06. The first-order valence-corrected chi connectivity index (χ1v) is 6.09. The SMILES string of the molecule is c1ccc(-c2ccccc2Cc2ccco2)cc1. The summed E-state index contributed by atoms with van der Waals surface area (Å²) in [4.78, 5) is 0. The van der Waals surface area contributed by atoms with E-state index in [4.69, 9.17) is 4.42 Å². The summed E-state index contributed by atoms with van der Waals surface area (Å²) in [5.74, 6) is 0.999. The summed E-state index contributed by atoms with van der Waals surface area (Å²) in [6.45, 7) is 0. The second-order valence-electron chi connectivity index (χ2n) is 4.28. The summed E-state index contributed by atoms with van der Waals surface area (Å²) < 4.78 is 5.43. The van der Waals surface area contributed by atoms with E-state index in [9.17, 15) is 0 Å². The van der Waals surface area contributed by atoms with Crippen molar-refractivity contribution >= 4 is 0 Å². The minimum absolute atomic E-state index is 0.831. The molecule has 0 aliphatic heterocycles. The van der Waals surface area contributed by atoms with E-state index in [1.165, 1.54) is 16.7 Å². The van der Waals surface area contributed by atoms with Crippen LogP contribution < -0.4 is 0 Å². The normalized spacial score (nSPS) is 10.4. The van der Waals surface area contributed by atoms with Gasteiger partial charge in [-0.25, -0.2) is 0 Å². The molecule has 88 valence electrons. The van der Waals surface area contributed by atoms with Gasteiger partial charge in [-0.05, 0) is 28.8 Å². The molecule has 0 saturated carbocycles. The fraction of sp³-hybridized carbons (Fsp3) is 0.0588. The van der Waals surface area contributed by atoms with Crippen LogP contribution in [0.4, 0.5) is 0 Å². The van der Waals surface area contributed by atoms with Crippen LogP contribution in [0.1, 0.15) is 11.3 Å². The van der Waals surface area contributed by atoms with Crippen molar-refractivity contribution in [2.75, 3.05) is 0 Å². The Morgan fingerprint density at radius 2 is 1.50 bits per heavy atom. The van der Waals surface area contributed by atoms with Crippen LogP contribution in [0.3, 0.4) is 0 Å². The molecule has 0 aliphatic carbocycles. The molecular formula is C17H14O. The van der Waals surface area contributed by atoms with E-state index in [1.54, 1.807) is 6.26 Å². The van der Waals surface area contributed by atoms with Crippen LogP contribution in [0, 0.1) is 0 Å². The van der Waals surface area contributed by atoms with Crippen LogP contribution in [-0.2, 0) is 6.42 Å². The smallest absolute Gasteiger partial charge is 0.108 e. The molecule has 0 spiro atoms. The van der Waals surface area contributed by atoms with Gasteiger partial charge < -0.3 is 4.42 Å². The minimum atomic E-state index is 0.831. The van der Waals surface area contributed by atoms with Gasteiger partial charge in [0.25, 0.3) is 0 Å². The molecule has 1 aromatic heterocycles. The maximum Gasteiger partial charge on any atom is 0.108 e. The zero-order valence-electron chi connectivity index (χ0n) is 10.0. The van der Waals surface area contributed by atoms with Crippen LogP contribution in [0.25, 0.3) is 11.1 Å². The van der Waals surface area contributed by atoms with Crippen LogP contribution in [-0.4, -0.2) is 0 Å². The highest BCUT2D eigenvalue weighted by molar-refractivity contribution is 5.67. The van der Waals surface area contributed by atoms with Crippen molar-refractivity contribution < 1.29 is 4.42 Å². The van der Waals surface area contributed by atoms with Crippen LogP contribution in [0.2, 0.25) is 0 Å². The van der Waals surface area contributed by atoms with Crippen LogP contribution in [0.5, 0.6) is 0 Å². The Morgan fingerprint density at radius 1 is 0.722 bits per heavy atom. The van der Waals surface area contributed by atoms with Gasteiger partial charge in [-0.15, -0.1) is 0 Å². The molecule has 0 radical (unpaired) electrons. The van der Waals surface area contributed by atoms with Gasteiger partial charge in [-0.2, -0.15) is 0 Å². The van der Waals surface area contributed by atoms with Crippen molar-refractivity contribution in [3.05, 3.63) is 84.3 Å². The molecular weight excluding hydrogens is 220 g/mol. The van der Waals surface area contributed by atoms with Crippen molar-refractivity contribution in [3.63, 3.8) is 0 Å². The second kappa shape index (κ2) is 4.92. The van der Waals surface area contributed by atoms with Gasteiger partial charge >= 0.3 is 0 Å². The lowest BCUT2D eigenvalue weighted by Gasteiger charge is -2.08. The van der Waals surface area contributed by atoms with Gasteiger partial charge in [0, 0.05) is 6.42 Å². The summed E-state index contributed by atoms with van der Waals surface area (Å²) in [5.41, 5.74) is 3.81. The summed E-state index contributed by atoms with van der Waals surface area (Å²) in [6.07, 6.45) is 2.55. The summed E-state index contributed by atoms with van der Waals surface area (Å²) >= 11 is 0. The quantitative estimate of drug-likeness (QED) is 0.648. The van der Waals surface area contributed by atoms with E-state index in [-0.39, 0.29) is 0 Å². The molecule has 1 nitrogen and oxygen atoms in total. The first-order chi connectivity index (χ1) is 8.93. The Morgan fingerprint density at radius 3 is 2.28 bits per heavy atom. The number of benzene rings is 2. The van der Waals surface area contributed by atoms with Crippen molar-refractivity contribution in [2.45, 2.75) is 6.42 Å². The summed E-state index contributed by atoms with van der Waals surface area (Å²) in [5, 5.41) is 0. The first kappa shape index (κ1) is 10.8. The third kappa shape index (κ3) is 2.21. The predicted molar refractivity (Wildman–Crippen MR) is 73.4 cm³/mol. The van der Waals surface area contributed by atoms with Crippen molar-refractivity contribution in [1.29, 1.82) is 0 Å². The third-order valence-electron chi connectivity index (χ3n) is 3.05. The second-order valence-corrected chi connectivity index (χ2v) is 4.28. The third-order valence-corrected chi connectivity index (χ3v) is 3.05. The standard InChI is InChI=1S/C17H14O/c1-2-7-14(8-3-1)17-11-5-4-9-15(17)13-16-10-6-12-18-16/h1-12H,13H2.